The van der Waals surface area contributed by atoms with Crippen LogP contribution in [0.5, 0.6) is 5.75 Å². The first kappa shape index (κ1) is 21.4. The lowest BCUT2D eigenvalue weighted by molar-refractivity contribution is -0.385. The number of hydrogen-bond donors (Lipinski definition) is 1. The molecule has 164 valence electrons. The lowest BCUT2D eigenvalue weighted by atomic mass is 10.1. The predicted octanol–water partition coefficient (Wildman–Crippen LogP) is 3.54. The number of amides is 2. The molecule has 1 aliphatic heterocycles. The lowest BCUT2D eigenvalue weighted by Gasteiger charge is -2.16. The summed E-state index contributed by atoms with van der Waals surface area (Å²) in [6, 6.07) is 11.5. The van der Waals surface area contributed by atoms with Gasteiger partial charge in [-0.05, 0) is 37.3 Å². The molecular formula is C21H19N5O5S. The Bertz CT molecular complexity index is 1190. The maximum Gasteiger partial charge on any atom is 0.273 e. The summed E-state index contributed by atoms with van der Waals surface area (Å²) in [4.78, 5) is 37.3. The second-order valence-electron chi connectivity index (χ2n) is 7.26. The van der Waals surface area contributed by atoms with E-state index in [0.717, 1.165) is 5.69 Å². The van der Waals surface area contributed by atoms with Gasteiger partial charge in [0.05, 0.1) is 12.0 Å². The molecule has 0 radical (unpaired) electrons. The Morgan fingerprint density at radius 3 is 2.69 bits per heavy atom. The number of rotatable bonds is 6. The molecule has 2 amide bonds. The number of nitrogens with zero attached hydrogens (tertiary/aromatic N) is 4. The van der Waals surface area contributed by atoms with Crippen molar-refractivity contribution in [1.29, 1.82) is 0 Å². The highest BCUT2D eigenvalue weighted by atomic mass is 32.1. The van der Waals surface area contributed by atoms with Crippen molar-refractivity contribution in [3.8, 4) is 5.75 Å². The standard InChI is InChI=1S/C21H19N5O5S/c1-12-3-4-13(9-17(12)26(29)30)19(28)22-21-24-23-20(32-21)14-10-18(27)25(11-14)15-5-7-16(31-2)8-6-15/h3-9,14H,10-11H2,1-2H3,(H,22,24,28). The zero-order chi connectivity index (χ0) is 22.8. The van der Waals surface area contributed by atoms with Gasteiger partial charge in [-0.3, -0.25) is 25.0 Å². The van der Waals surface area contributed by atoms with Crippen molar-refractivity contribution in [2.24, 2.45) is 0 Å². The molecule has 0 spiro atoms. The first-order chi connectivity index (χ1) is 15.4. The van der Waals surface area contributed by atoms with E-state index in [1.165, 1.54) is 29.5 Å². The van der Waals surface area contributed by atoms with Gasteiger partial charge in [-0.1, -0.05) is 17.4 Å². The SMILES string of the molecule is COc1ccc(N2CC(c3nnc(NC(=O)c4ccc(C)c([N+](=O)[O-])c4)s3)CC2=O)cc1. The van der Waals surface area contributed by atoms with Crippen molar-refractivity contribution in [2.75, 3.05) is 23.9 Å². The molecule has 2 aromatic carbocycles. The third-order valence-electron chi connectivity index (χ3n) is 5.19. The summed E-state index contributed by atoms with van der Waals surface area (Å²) < 4.78 is 5.15. The summed E-state index contributed by atoms with van der Waals surface area (Å²) >= 11 is 1.19. The van der Waals surface area contributed by atoms with E-state index in [1.807, 2.05) is 12.1 Å². The molecule has 0 saturated carbocycles. The van der Waals surface area contributed by atoms with Crippen molar-refractivity contribution in [1.82, 2.24) is 10.2 Å². The Balaban J connectivity index is 1.45. The van der Waals surface area contributed by atoms with E-state index in [4.69, 9.17) is 4.74 Å². The number of nitro benzene ring substituents is 1. The minimum atomic E-state index is -0.527. The highest BCUT2D eigenvalue weighted by Crippen LogP contribution is 2.35. The van der Waals surface area contributed by atoms with Crippen LogP contribution in [0.3, 0.4) is 0 Å². The van der Waals surface area contributed by atoms with Crippen LogP contribution in [-0.2, 0) is 4.79 Å². The van der Waals surface area contributed by atoms with Gasteiger partial charge < -0.3 is 9.64 Å². The van der Waals surface area contributed by atoms with E-state index < -0.39 is 10.8 Å². The number of ether oxygens (including phenoxy) is 1. The Hall–Kier alpha value is -3.86. The maximum absolute atomic E-state index is 12.5. The minimum Gasteiger partial charge on any atom is -0.497 e. The highest BCUT2D eigenvalue weighted by Gasteiger charge is 2.34. The number of methoxy groups -OCH3 is 1. The molecule has 3 aromatic rings. The molecule has 4 rings (SSSR count). The number of nitrogens with one attached hydrogen (secondary N) is 1. The van der Waals surface area contributed by atoms with Gasteiger partial charge >= 0.3 is 0 Å². The predicted molar refractivity (Wildman–Crippen MR) is 118 cm³/mol. The van der Waals surface area contributed by atoms with Crippen molar-refractivity contribution < 1.29 is 19.2 Å². The van der Waals surface area contributed by atoms with Crippen molar-refractivity contribution in [2.45, 2.75) is 19.3 Å². The van der Waals surface area contributed by atoms with Gasteiger partial charge in [-0.15, -0.1) is 10.2 Å². The summed E-state index contributed by atoms with van der Waals surface area (Å²) in [5.41, 5.74) is 1.27. The Morgan fingerprint density at radius 2 is 2.00 bits per heavy atom. The van der Waals surface area contributed by atoms with Crippen LogP contribution >= 0.6 is 11.3 Å². The second kappa shape index (κ2) is 8.71. The van der Waals surface area contributed by atoms with E-state index in [-0.39, 0.29) is 28.2 Å². The first-order valence-electron chi connectivity index (χ1n) is 9.70. The average molecular weight is 453 g/mol. The van der Waals surface area contributed by atoms with Crippen LogP contribution in [0.4, 0.5) is 16.5 Å². The summed E-state index contributed by atoms with van der Waals surface area (Å²) in [7, 11) is 1.58. The van der Waals surface area contributed by atoms with Crippen LogP contribution in [-0.4, -0.2) is 40.6 Å². The number of carbonyl (C=O) groups excluding carboxylic acids is 2. The first-order valence-corrected chi connectivity index (χ1v) is 10.5. The fraction of sp³-hybridized carbons (Fsp3) is 0.238. The molecule has 0 aliphatic carbocycles. The van der Waals surface area contributed by atoms with Gasteiger partial charge in [0.2, 0.25) is 11.0 Å². The van der Waals surface area contributed by atoms with Gasteiger partial charge in [-0.2, -0.15) is 0 Å². The highest BCUT2D eigenvalue weighted by molar-refractivity contribution is 7.15. The molecule has 1 aromatic heterocycles. The molecule has 1 aliphatic rings. The molecule has 1 atom stereocenters. The minimum absolute atomic E-state index is 0.0204. The van der Waals surface area contributed by atoms with Crippen molar-refractivity contribution in [3.05, 3.63) is 68.7 Å². The number of aromatic nitrogens is 2. The third kappa shape index (κ3) is 4.28. The third-order valence-corrected chi connectivity index (χ3v) is 6.19. The summed E-state index contributed by atoms with van der Waals surface area (Å²) in [6.07, 6.45) is 0.290. The Morgan fingerprint density at radius 1 is 1.25 bits per heavy atom. The molecule has 10 nitrogen and oxygen atoms in total. The maximum atomic E-state index is 12.5. The molecule has 1 unspecified atom stereocenters. The van der Waals surface area contributed by atoms with E-state index in [0.29, 0.717) is 29.3 Å². The molecule has 2 heterocycles. The fourth-order valence-corrected chi connectivity index (χ4v) is 4.28. The monoisotopic (exact) mass is 453 g/mol. The summed E-state index contributed by atoms with van der Waals surface area (Å²) in [5.74, 6) is 0.0275. The zero-order valence-electron chi connectivity index (χ0n) is 17.3. The number of hydrogen-bond acceptors (Lipinski definition) is 8. The molecule has 0 bridgehead atoms. The molecule has 1 fully saturated rings. The van der Waals surface area contributed by atoms with Crippen LogP contribution < -0.4 is 15.0 Å². The van der Waals surface area contributed by atoms with Gasteiger partial charge in [0, 0.05) is 41.8 Å². The smallest absolute Gasteiger partial charge is 0.273 e. The van der Waals surface area contributed by atoms with Crippen LogP contribution in [0.1, 0.15) is 33.3 Å². The average Bonchev–Trinajstić information content (AvgIpc) is 3.40. The van der Waals surface area contributed by atoms with Crippen LogP contribution in [0.2, 0.25) is 0 Å². The van der Waals surface area contributed by atoms with E-state index in [2.05, 4.69) is 15.5 Å². The van der Waals surface area contributed by atoms with E-state index in [1.54, 1.807) is 31.1 Å². The molecule has 1 saturated heterocycles. The van der Waals surface area contributed by atoms with Gasteiger partial charge in [0.1, 0.15) is 10.8 Å². The number of benzene rings is 2. The normalized spacial score (nSPS) is 15.6. The largest absolute Gasteiger partial charge is 0.497 e. The lowest BCUT2D eigenvalue weighted by Crippen LogP contribution is -2.24. The van der Waals surface area contributed by atoms with E-state index >= 15 is 0 Å². The molecular weight excluding hydrogens is 434 g/mol. The van der Waals surface area contributed by atoms with E-state index in [9.17, 15) is 19.7 Å². The molecule has 11 heteroatoms. The Kier molecular flexibility index (Phi) is 5.82. The Labute approximate surface area is 187 Å². The molecule has 1 N–H and O–H groups in total. The fourth-order valence-electron chi connectivity index (χ4n) is 3.45. The van der Waals surface area contributed by atoms with Gasteiger partial charge in [-0.25, -0.2) is 0 Å². The van der Waals surface area contributed by atoms with Crippen molar-refractivity contribution in [3.63, 3.8) is 0 Å². The van der Waals surface area contributed by atoms with Gasteiger partial charge in [0.25, 0.3) is 11.6 Å². The summed E-state index contributed by atoms with van der Waals surface area (Å²) in [5, 5.41) is 22.8. The van der Waals surface area contributed by atoms with Gasteiger partial charge in [0.15, 0.2) is 0 Å². The number of carbonyl (C=O) groups is 2. The number of anilines is 2. The zero-order valence-corrected chi connectivity index (χ0v) is 18.1. The number of nitro groups is 1. The quantitative estimate of drug-likeness (QED) is 0.447. The topological polar surface area (TPSA) is 128 Å². The number of aryl methyl sites for hydroxylation is 1. The van der Waals surface area contributed by atoms with Crippen molar-refractivity contribution >= 4 is 39.7 Å². The van der Waals surface area contributed by atoms with Crippen LogP contribution in [0.15, 0.2) is 42.5 Å². The second-order valence-corrected chi connectivity index (χ2v) is 8.27. The van der Waals surface area contributed by atoms with Crippen LogP contribution in [0.25, 0.3) is 0 Å². The summed E-state index contributed by atoms with van der Waals surface area (Å²) in [6.45, 7) is 2.06. The molecule has 32 heavy (non-hydrogen) atoms. The van der Waals surface area contributed by atoms with Crippen LogP contribution in [0, 0.1) is 17.0 Å².